The molecule has 4 unspecified atom stereocenters. The van der Waals surface area contributed by atoms with E-state index in [4.69, 9.17) is 4.74 Å². The Bertz CT molecular complexity index is 195. The first-order valence-electron chi connectivity index (χ1n) is 7.54. The molecule has 102 valence electrons. The van der Waals surface area contributed by atoms with Gasteiger partial charge in [-0.05, 0) is 51.5 Å². The first kappa shape index (κ1) is 15.0. The van der Waals surface area contributed by atoms with Crippen molar-refractivity contribution in [1.29, 1.82) is 0 Å². The van der Waals surface area contributed by atoms with Crippen LogP contribution in [-0.2, 0) is 4.74 Å². The molecule has 0 amide bonds. The molecule has 4 atom stereocenters. The number of ether oxygens (including phenoxy) is 1. The molecule has 2 nitrogen and oxygen atoms in total. The van der Waals surface area contributed by atoms with Crippen molar-refractivity contribution in [3.05, 3.63) is 0 Å². The average Bonchev–Trinajstić information content (AvgIpc) is 2.30. The highest BCUT2D eigenvalue weighted by Gasteiger charge is 2.30. The molecule has 0 radical (unpaired) electrons. The number of rotatable bonds is 7. The molecule has 1 aliphatic rings. The van der Waals surface area contributed by atoms with E-state index in [0.29, 0.717) is 12.1 Å². The molecule has 0 aliphatic heterocycles. The van der Waals surface area contributed by atoms with Gasteiger partial charge in [-0.15, -0.1) is 0 Å². The van der Waals surface area contributed by atoms with Crippen LogP contribution in [0, 0.1) is 11.8 Å². The molecule has 0 aromatic carbocycles. The lowest BCUT2D eigenvalue weighted by Gasteiger charge is -2.37. The van der Waals surface area contributed by atoms with E-state index in [1.165, 1.54) is 32.1 Å². The van der Waals surface area contributed by atoms with Gasteiger partial charge in [0.25, 0.3) is 0 Å². The zero-order chi connectivity index (χ0) is 12.7. The highest BCUT2D eigenvalue weighted by molar-refractivity contribution is 4.85. The van der Waals surface area contributed by atoms with Crippen molar-refractivity contribution in [2.45, 2.75) is 71.9 Å². The van der Waals surface area contributed by atoms with E-state index in [-0.39, 0.29) is 0 Å². The third kappa shape index (κ3) is 4.97. The van der Waals surface area contributed by atoms with Crippen molar-refractivity contribution < 1.29 is 4.74 Å². The summed E-state index contributed by atoms with van der Waals surface area (Å²) in [5.41, 5.74) is 0. The summed E-state index contributed by atoms with van der Waals surface area (Å²) in [6.45, 7) is 10.9. The Hall–Kier alpha value is -0.0800. The standard InChI is InChI=1S/C15H31NO/c1-5-10-16-15(13(4)17-6-2)14-9-7-8-12(3)11-14/h12-16H,5-11H2,1-4H3. The average molecular weight is 241 g/mol. The molecular weight excluding hydrogens is 210 g/mol. The summed E-state index contributed by atoms with van der Waals surface area (Å²) in [7, 11) is 0. The van der Waals surface area contributed by atoms with Crippen molar-refractivity contribution in [1.82, 2.24) is 5.32 Å². The second-order valence-electron chi connectivity index (χ2n) is 5.67. The van der Waals surface area contributed by atoms with Crippen molar-refractivity contribution in [2.75, 3.05) is 13.2 Å². The van der Waals surface area contributed by atoms with Crippen LogP contribution in [0.5, 0.6) is 0 Å². The predicted molar refractivity (Wildman–Crippen MR) is 74.3 cm³/mol. The topological polar surface area (TPSA) is 21.3 Å². The number of hydrogen-bond donors (Lipinski definition) is 1. The van der Waals surface area contributed by atoms with Gasteiger partial charge in [0.2, 0.25) is 0 Å². The van der Waals surface area contributed by atoms with Crippen molar-refractivity contribution in [3.8, 4) is 0 Å². The zero-order valence-electron chi connectivity index (χ0n) is 12.2. The third-order valence-electron chi connectivity index (χ3n) is 4.05. The maximum Gasteiger partial charge on any atom is 0.0702 e. The van der Waals surface area contributed by atoms with Gasteiger partial charge in [-0.1, -0.05) is 26.7 Å². The Balaban J connectivity index is 2.53. The molecule has 0 aromatic rings. The third-order valence-corrected chi connectivity index (χ3v) is 4.05. The van der Waals surface area contributed by atoms with E-state index in [9.17, 15) is 0 Å². The lowest BCUT2D eigenvalue weighted by Crippen LogP contribution is -2.47. The number of nitrogens with one attached hydrogen (secondary N) is 1. The fourth-order valence-electron chi connectivity index (χ4n) is 3.20. The van der Waals surface area contributed by atoms with Crippen LogP contribution in [-0.4, -0.2) is 25.3 Å². The fourth-order valence-corrected chi connectivity index (χ4v) is 3.20. The van der Waals surface area contributed by atoms with Crippen molar-refractivity contribution in [2.24, 2.45) is 11.8 Å². The highest BCUT2D eigenvalue weighted by atomic mass is 16.5. The van der Waals surface area contributed by atoms with Gasteiger partial charge in [0, 0.05) is 12.6 Å². The lowest BCUT2D eigenvalue weighted by molar-refractivity contribution is 0.0200. The molecule has 1 aliphatic carbocycles. The van der Waals surface area contributed by atoms with E-state index < -0.39 is 0 Å². The Morgan fingerprint density at radius 2 is 2.06 bits per heavy atom. The summed E-state index contributed by atoms with van der Waals surface area (Å²) in [5, 5.41) is 3.72. The first-order valence-corrected chi connectivity index (χ1v) is 7.54. The van der Waals surface area contributed by atoms with Crippen LogP contribution in [0.4, 0.5) is 0 Å². The van der Waals surface area contributed by atoms with E-state index in [0.717, 1.165) is 25.0 Å². The highest BCUT2D eigenvalue weighted by Crippen LogP contribution is 2.32. The minimum Gasteiger partial charge on any atom is -0.377 e. The van der Waals surface area contributed by atoms with Gasteiger partial charge in [-0.25, -0.2) is 0 Å². The van der Waals surface area contributed by atoms with Gasteiger partial charge in [0.15, 0.2) is 0 Å². The van der Waals surface area contributed by atoms with Crippen LogP contribution in [0.1, 0.15) is 59.8 Å². The van der Waals surface area contributed by atoms with Crippen LogP contribution in [0.3, 0.4) is 0 Å². The second kappa shape index (κ2) is 8.10. The van der Waals surface area contributed by atoms with Crippen LogP contribution in [0.25, 0.3) is 0 Å². The molecule has 2 heteroatoms. The lowest BCUT2D eigenvalue weighted by atomic mass is 9.77. The molecule has 1 N–H and O–H groups in total. The Morgan fingerprint density at radius 1 is 1.29 bits per heavy atom. The van der Waals surface area contributed by atoms with Gasteiger partial charge in [0.05, 0.1) is 6.10 Å². The Kier molecular flexibility index (Phi) is 7.14. The van der Waals surface area contributed by atoms with E-state index in [1.54, 1.807) is 0 Å². The Labute approximate surface area is 108 Å². The molecule has 1 fully saturated rings. The van der Waals surface area contributed by atoms with Gasteiger partial charge in [0.1, 0.15) is 0 Å². The molecule has 0 spiro atoms. The summed E-state index contributed by atoms with van der Waals surface area (Å²) in [5.74, 6) is 1.71. The van der Waals surface area contributed by atoms with E-state index in [1.807, 2.05) is 0 Å². The van der Waals surface area contributed by atoms with Crippen LogP contribution in [0.15, 0.2) is 0 Å². The maximum atomic E-state index is 5.83. The minimum atomic E-state index is 0.349. The summed E-state index contributed by atoms with van der Waals surface area (Å²) in [4.78, 5) is 0. The molecule has 0 bridgehead atoms. The van der Waals surface area contributed by atoms with Crippen LogP contribution < -0.4 is 5.32 Å². The summed E-state index contributed by atoms with van der Waals surface area (Å²) >= 11 is 0. The normalized spacial score (nSPS) is 28.9. The zero-order valence-corrected chi connectivity index (χ0v) is 12.2. The molecule has 1 rings (SSSR count). The maximum absolute atomic E-state index is 5.83. The van der Waals surface area contributed by atoms with Gasteiger partial charge in [-0.3, -0.25) is 0 Å². The van der Waals surface area contributed by atoms with Gasteiger partial charge >= 0.3 is 0 Å². The molecule has 0 aromatic heterocycles. The predicted octanol–water partition coefficient (Wildman–Crippen LogP) is 3.61. The molecule has 0 heterocycles. The van der Waals surface area contributed by atoms with Crippen molar-refractivity contribution in [3.63, 3.8) is 0 Å². The summed E-state index contributed by atoms with van der Waals surface area (Å²) in [6, 6.07) is 0.553. The summed E-state index contributed by atoms with van der Waals surface area (Å²) < 4.78 is 5.83. The van der Waals surface area contributed by atoms with Crippen LogP contribution >= 0.6 is 0 Å². The molecule has 1 saturated carbocycles. The fraction of sp³-hybridized carbons (Fsp3) is 1.00. The van der Waals surface area contributed by atoms with E-state index >= 15 is 0 Å². The monoisotopic (exact) mass is 241 g/mol. The largest absolute Gasteiger partial charge is 0.377 e. The molecule has 0 saturated heterocycles. The van der Waals surface area contributed by atoms with Crippen molar-refractivity contribution >= 4 is 0 Å². The van der Waals surface area contributed by atoms with E-state index in [2.05, 4.69) is 33.0 Å². The molecule has 17 heavy (non-hydrogen) atoms. The minimum absolute atomic E-state index is 0.349. The number of hydrogen-bond acceptors (Lipinski definition) is 2. The SMILES string of the molecule is CCCNC(C1CCCC(C)C1)C(C)OCC. The first-order chi connectivity index (χ1) is 8.19. The second-order valence-corrected chi connectivity index (χ2v) is 5.67. The quantitative estimate of drug-likeness (QED) is 0.735. The molecular formula is C15H31NO. The summed E-state index contributed by atoms with van der Waals surface area (Å²) in [6.07, 6.45) is 7.12. The smallest absolute Gasteiger partial charge is 0.0702 e. The van der Waals surface area contributed by atoms with Crippen LogP contribution in [0.2, 0.25) is 0 Å². The Morgan fingerprint density at radius 3 is 2.65 bits per heavy atom. The van der Waals surface area contributed by atoms with Gasteiger partial charge < -0.3 is 10.1 Å². The van der Waals surface area contributed by atoms with Gasteiger partial charge in [-0.2, -0.15) is 0 Å².